The van der Waals surface area contributed by atoms with Crippen LogP contribution in [0.2, 0.25) is 0 Å². The van der Waals surface area contributed by atoms with Crippen molar-refractivity contribution in [2.24, 2.45) is 0 Å². The van der Waals surface area contributed by atoms with E-state index in [2.05, 4.69) is 15.5 Å². The lowest BCUT2D eigenvalue weighted by Gasteiger charge is -2.09. The maximum atomic E-state index is 12.3. The first-order chi connectivity index (χ1) is 13.4. The van der Waals surface area contributed by atoms with Gasteiger partial charge in [0, 0.05) is 6.20 Å². The molecule has 2 aromatic heterocycles. The number of carboxylic acids is 1. The molecule has 3 aromatic rings. The quantitative estimate of drug-likeness (QED) is 0.618. The van der Waals surface area contributed by atoms with Crippen LogP contribution in [0.3, 0.4) is 0 Å². The van der Waals surface area contributed by atoms with Gasteiger partial charge in [0.2, 0.25) is 0 Å². The number of nitrogens with one attached hydrogen (secondary N) is 1. The highest BCUT2D eigenvalue weighted by atomic mass is 16.5. The minimum Gasteiger partial charge on any atom is -0.481 e. The van der Waals surface area contributed by atoms with Crippen LogP contribution in [0, 0.1) is 13.8 Å². The van der Waals surface area contributed by atoms with E-state index in [1.807, 2.05) is 32.0 Å². The van der Waals surface area contributed by atoms with Crippen LogP contribution in [-0.4, -0.2) is 36.5 Å². The van der Waals surface area contributed by atoms with Gasteiger partial charge in [0.05, 0.1) is 42.8 Å². The summed E-state index contributed by atoms with van der Waals surface area (Å²) in [6, 6.07) is 5.94. The highest BCUT2D eigenvalue weighted by molar-refractivity contribution is 6.03. The van der Waals surface area contributed by atoms with Crippen molar-refractivity contribution >= 4 is 17.6 Å². The number of aryl methyl sites for hydroxylation is 3. The van der Waals surface area contributed by atoms with Gasteiger partial charge in [0.15, 0.2) is 6.73 Å². The molecule has 2 N–H and O–H groups in total. The Hall–Kier alpha value is -3.62. The van der Waals surface area contributed by atoms with Crippen molar-refractivity contribution < 1.29 is 19.4 Å². The lowest BCUT2D eigenvalue weighted by Crippen LogP contribution is -2.11. The van der Waals surface area contributed by atoms with Crippen LogP contribution in [-0.2, 0) is 18.1 Å². The summed E-state index contributed by atoms with van der Waals surface area (Å²) in [6.45, 7) is 4.42. The molecule has 9 nitrogen and oxygen atoms in total. The number of nitrogens with zero attached hydrogens (tertiary/aromatic N) is 4. The Morgan fingerprint density at radius 2 is 1.93 bits per heavy atom. The summed E-state index contributed by atoms with van der Waals surface area (Å²) in [5, 5.41) is 19.6. The zero-order valence-electron chi connectivity index (χ0n) is 15.6. The molecule has 2 heterocycles. The first-order valence-corrected chi connectivity index (χ1v) is 8.69. The van der Waals surface area contributed by atoms with E-state index in [0.717, 1.165) is 11.3 Å². The minimum absolute atomic E-state index is 0.0596. The molecular formula is C19H21N5O4. The minimum atomic E-state index is -0.919. The third-order valence-electron chi connectivity index (χ3n) is 4.02. The second-order valence-electron chi connectivity index (χ2n) is 6.40. The van der Waals surface area contributed by atoms with Gasteiger partial charge in [-0.15, -0.1) is 0 Å². The van der Waals surface area contributed by atoms with E-state index in [1.54, 1.807) is 10.9 Å². The molecule has 0 unspecified atom stereocenters. The van der Waals surface area contributed by atoms with Crippen LogP contribution in [0.4, 0.5) is 5.69 Å². The average molecular weight is 383 g/mol. The smallest absolute Gasteiger partial charge is 0.305 e. The third kappa shape index (κ3) is 4.97. The van der Waals surface area contributed by atoms with Crippen LogP contribution in [0.15, 0.2) is 43.0 Å². The highest BCUT2D eigenvalue weighted by Gasteiger charge is 2.11. The molecule has 146 valence electrons. The van der Waals surface area contributed by atoms with Gasteiger partial charge in [-0.1, -0.05) is 17.7 Å². The normalized spacial score (nSPS) is 10.6. The molecule has 0 aliphatic heterocycles. The lowest BCUT2D eigenvalue weighted by atomic mass is 10.1. The van der Waals surface area contributed by atoms with Gasteiger partial charge in [0.25, 0.3) is 5.91 Å². The zero-order chi connectivity index (χ0) is 20.1. The van der Waals surface area contributed by atoms with E-state index in [1.165, 1.54) is 28.8 Å². The number of carboxylic acid groups (broad SMARTS) is 1. The van der Waals surface area contributed by atoms with E-state index < -0.39 is 5.97 Å². The molecule has 0 radical (unpaired) electrons. The molecule has 1 amide bonds. The molecule has 9 heteroatoms. The van der Waals surface area contributed by atoms with Crippen molar-refractivity contribution in [3.8, 4) is 5.75 Å². The Bertz CT molecular complexity index is 992. The van der Waals surface area contributed by atoms with E-state index in [9.17, 15) is 9.59 Å². The molecule has 0 spiro atoms. The zero-order valence-corrected chi connectivity index (χ0v) is 15.6. The first-order valence-electron chi connectivity index (χ1n) is 8.69. The summed E-state index contributed by atoms with van der Waals surface area (Å²) in [4.78, 5) is 22.9. The Kier molecular flexibility index (Phi) is 5.73. The van der Waals surface area contributed by atoms with Crippen molar-refractivity contribution in [2.75, 3.05) is 5.32 Å². The molecule has 0 bridgehead atoms. The number of anilines is 1. The fourth-order valence-electron chi connectivity index (χ4n) is 2.61. The van der Waals surface area contributed by atoms with E-state index >= 15 is 0 Å². The molecule has 1 aromatic carbocycles. The SMILES string of the molecule is Cc1ccc(OCn2cc(NC(=O)c3cnn(CCC(=O)O)c3)cn2)c(C)c1. The average Bonchev–Trinajstić information content (AvgIpc) is 3.28. The van der Waals surface area contributed by atoms with Crippen LogP contribution in [0.5, 0.6) is 5.75 Å². The van der Waals surface area contributed by atoms with Crippen LogP contribution < -0.4 is 10.1 Å². The van der Waals surface area contributed by atoms with Crippen molar-refractivity contribution in [2.45, 2.75) is 33.5 Å². The molecule has 0 fully saturated rings. The molecule has 0 saturated heterocycles. The molecule has 0 aliphatic rings. The molecule has 0 aliphatic carbocycles. The predicted molar refractivity (Wildman–Crippen MR) is 101 cm³/mol. The summed E-state index contributed by atoms with van der Waals surface area (Å²) in [5.41, 5.74) is 3.07. The maximum absolute atomic E-state index is 12.3. The number of benzene rings is 1. The number of carbonyl (C=O) groups excluding carboxylic acids is 1. The van der Waals surface area contributed by atoms with Gasteiger partial charge in [0.1, 0.15) is 5.75 Å². The highest BCUT2D eigenvalue weighted by Crippen LogP contribution is 2.19. The van der Waals surface area contributed by atoms with E-state index in [4.69, 9.17) is 9.84 Å². The Labute approximate surface area is 161 Å². The largest absolute Gasteiger partial charge is 0.481 e. The number of hydrogen-bond acceptors (Lipinski definition) is 5. The Balaban J connectivity index is 1.55. The summed E-state index contributed by atoms with van der Waals surface area (Å²) < 4.78 is 8.75. The second-order valence-corrected chi connectivity index (χ2v) is 6.40. The van der Waals surface area contributed by atoms with Crippen molar-refractivity contribution in [1.82, 2.24) is 19.6 Å². The number of ether oxygens (including phenoxy) is 1. The van der Waals surface area contributed by atoms with Crippen molar-refractivity contribution in [3.63, 3.8) is 0 Å². The lowest BCUT2D eigenvalue weighted by molar-refractivity contribution is -0.137. The Morgan fingerprint density at radius 3 is 2.68 bits per heavy atom. The predicted octanol–water partition coefficient (Wildman–Crippen LogP) is 2.46. The first kappa shape index (κ1) is 19.2. The van der Waals surface area contributed by atoms with Gasteiger partial charge in [-0.2, -0.15) is 10.2 Å². The molecular weight excluding hydrogens is 362 g/mol. The summed E-state index contributed by atoms with van der Waals surface area (Å²) in [7, 11) is 0. The fourth-order valence-corrected chi connectivity index (χ4v) is 2.61. The number of carbonyl (C=O) groups is 2. The number of hydrogen-bond donors (Lipinski definition) is 2. The summed E-state index contributed by atoms with van der Waals surface area (Å²) >= 11 is 0. The van der Waals surface area contributed by atoms with Crippen LogP contribution >= 0.6 is 0 Å². The monoisotopic (exact) mass is 383 g/mol. The van der Waals surface area contributed by atoms with Crippen LogP contribution in [0.1, 0.15) is 27.9 Å². The van der Waals surface area contributed by atoms with E-state index in [-0.39, 0.29) is 25.6 Å². The van der Waals surface area contributed by atoms with Crippen LogP contribution in [0.25, 0.3) is 0 Å². The fraction of sp³-hybridized carbons (Fsp3) is 0.263. The molecule has 3 rings (SSSR count). The summed E-state index contributed by atoms with van der Waals surface area (Å²) in [6.07, 6.45) is 6.03. The standard InChI is InChI=1S/C19H21N5O4/c1-13-3-4-17(14(2)7-13)28-12-24-11-16(9-21-24)22-19(27)15-8-20-23(10-15)6-5-18(25)26/h3-4,7-11H,5-6,12H2,1-2H3,(H,22,27)(H,25,26). The van der Waals surface area contributed by atoms with Gasteiger partial charge >= 0.3 is 5.97 Å². The summed E-state index contributed by atoms with van der Waals surface area (Å²) in [5.74, 6) is -0.492. The molecule has 28 heavy (non-hydrogen) atoms. The van der Waals surface area contributed by atoms with E-state index in [0.29, 0.717) is 11.3 Å². The van der Waals surface area contributed by atoms with Crippen molar-refractivity contribution in [3.05, 3.63) is 59.7 Å². The number of amides is 1. The topological polar surface area (TPSA) is 111 Å². The molecule has 0 atom stereocenters. The second kappa shape index (κ2) is 8.38. The number of rotatable bonds is 8. The van der Waals surface area contributed by atoms with Gasteiger partial charge in [-0.25, -0.2) is 4.68 Å². The van der Waals surface area contributed by atoms with Gasteiger partial charge in [-0.05, 0) is 25.5 Å². The number of aromatic nitrogens is 4. The van der Waals surface area contributed by atoms with Crippen molar-refractivity contribution in [1.29, 1.82) is 0 Å². The Morgan fingerprint density at radius 1 is 1.14 bits per heavy atom. The third-order valence-corrected chi connectivity index (χ3v) is 4.02. The maximum Gasteiger partial charge on any atom is 0.305 e. The number of aliphatic carboxylic acids is 1. The van der Waals surface area contributed by atoms with Gasteiger partial charge in [-0.3, -0.25) is 14.3 Å². The van der Waals surface area contributed by atoms with Gasteiger partial charge < -0.3 is 15.2 Å². The molecule has 0 saturated carbocycles.